The molecule has 0 amide bonds. The molecule has 0 spiro atoms. The van der Waals surface area contributed by atoms with Crippen molar-refractivity contribution in [1.82, 2.24) is 0 Å². The second-order valence-electron chi connectivity index (χ2n) is 5.26. The predicted octanol–water partition coefficient (Wildman–Crippen LogP) is 5.65. The van der Waals surface area contributed by atoms with Crippen molar-refractivity contribution >= 4 is 0 Å². The number of unbranched alkanes of at least 4 members (excludes halogenated alkanes) is 7. The van der Waals surface area contributed by atoms with Crippen LogP contribution in [-0.4, -0.2) is 6.61 Å². The van der Waals surface area contributed by atoms with E-state index in [1.165, 1.54) is 51.0 Å². The van der Waals surface area contributed by atoms with E-state index in [0.717, 1.165) is 12.0 Å². The summed E-state index contributed by atoms with van der Waals surface area (Å²) in [6, 6.07) is 5.00. The fraction of sp³-hybridized carbons (Fsp3) is 0.647. The van der Waals surface area contributed by atoms with Crippen LogP contribution in [-0.2, 0) is 0 Å². The van der Waals surface area contributed by atoms with Crippen LogP contribution < -0.4 is 4.74 Å². The summed E-state index contributed by atoms with van der Waals surface area (Å²) in [6.07, 6.45) is 10.2. The molecule has 0 atom stereocenters. The third-order valence-electron chi connectivity index (χ3n) is 3.34. The molecule has 0 unspecified atom stereocenters. The van der Waals surface area contributed by atoms with Gasteiger partial charge in [0, 0.05) is 0 Å². The summed E-state index contributed by atoms with van der Waals surface area (Å²) in [6.45, 7) is 4.81. The maximum Gasteiger partial charge on any atom is 0.165 e. The van der Waals surface area contributed by atoms with E-state index in [4.69, 9.17) is 4.74 Å². The van der Waals surface area contributed by atoms with Gasteiger partial charge in [0.05, 0.1) is 6.61 Å². The van der Waals surface area contributed by atoms with Gasteiger partial charge in [-0.2, -0.15) is 0 Å². The third kappa shape index (κ3) is 7.19. The predicted molar refractivity (Wildman–Crippen MR) is 79.2 cm³/mol. The molecule has 108 valence electrons. The topological polar surface area (TPSA) is 9.23 Å². The minimum absolute atomic E-state index is 0.259. The van der Waals surface area contributed by atoms with E-state index in [-0.39, 0.29) is 5.82 Å². The van der Waals surface area contributed by atoms with Crippen molar-refractivity contribution in [2.45, 2.75) is 65.2 Å². The van der Waals surface area contributed by atoms with E-state index in [2.05, 4.69) is 6.92 Å². The molecule has 0 aromatic heterocycles. The van der Waals surface area contributed by atoms with E-state index in [1.807, 2.05) is 6.92 Å². The molecule has 0 aliphatic rings. The highest BCUT2D eigenvalue weighted by atomic mass is 19.1. The van der Waals surface area contributed by atoms with Crippen molar-refractivity contribution in [2.75, 3.05) is 6.61 Å². The van der Waals surface area contributed by atoms with Crippen LogP contribution in [0.2, 0.25) is 0 Å². The number of ether oxygens (including phenoxy) is 1. The average molecular weight is 266 g/mol. The van der Waals surface area contributed by atoms with Gasteiger partial charge < -0.3 is 4.74 Å². The standard InChI is InChI=1S/C17H27FO/c1-3-4-5-6-7-8-9-10-13-19-17-14-15(2)11-12-16(17)18/h11-12,14H,3-10,13H2,1-2H3. The van der Waals surface area contributed by atoms with Gasteiger partial charge in [0.2, 0.25) is 0 Å². The van der Waals surface area contributed by atoms with E-state index in [0.29, 0.717) is 12.4 Å². The summed E-state index contributed by atoms with van der Waals surface area (Å²) in [5.74, 6) is 0.133. The summed E-state index contributed by atoms with van der Waals surface area (Å²) in [5.41, 5.74) is 1.03. The van der Waals surface area contributed by atoms with E-state index < -0.39 is 0 Å². The van der Waals surface area contributed by atoms with Gasteiger partial charge in [0.15, 0.2) is 11.6 Å². The molecule has 1 rings (SSSR count). The van der Waals surface area contributed by atoms with Gasteiger partial charge in [-0.1, -0.05) is 57.9 Å². The number of halogens is 1. The highest BCUT2D eigenvalue weighted by Gasteiger charge is 2.02. The van der Waals surface area contributed by atoms with Crippen molar-refractivity contribution < 1.29 is 9.13 Å². The molecule has 1 aromatic carbocycles. The lowest BCUT2D eigenvalue weighted by atomic mass is 10.1. The monoisotopic (exact) mass is 266 g/mol. The molecule has 0 radical (unpaired) electrons. The molecule has 1 aromatic rings. The van der Waals surface area contributed by atoms with Crippen molar-refractivity contribution in [2.24, 2.45) is 0 Å². The van der Waals surface area contributed by atoms with Crippen LogP contribution in [0.15, 0.2) is 18.2 Å². The molecule has 2 heteroatoms. The molecular formula is C17H27FO. The summed E-state index contributed by atoms with van der Waals surface area (Å²) in [7, 11) is 0. The van der Waals surface area contributed by atoms with Gasteiger partial charge in [0.25, 0.3) is 0 Å². The normalized spacial score (nSPS) is 10.7. The molecule has 0 aliphatic carbocycles. The highest BCUT2D eigenvalue weighted by Crippen LogP contribution is 2.18. The summed E-state index contributed by atoms with van der Waals surface area (Å²) >= 11 is 0. The maximum absolute atomic E-state index is 13.4. The Hall–Kier alpha value is -1.05. The Bertz CT molecular complexity index is 349. The summed E-state index contributed by atoms with van der Waals surface area (Å²) in [5, 5.41) is 0. The maximum atomic E-state index is 13.4. The van der Waals surface area contributed by atoms with Gasteiger partial charge in [-0.05, 0) is 31.0 Å². The Kier molecular flexibility index (Phi) is 8.28. The molecule has 0 fully saturated rings. The second-order valence-corrected chi connectivity index (χ2v) is 5.26. The summed E-state index contributed by atoms with van der Waals surface area (Å²) < 4.78 is 18.9. The van der Waals surface area contributed by atoms with Crippen LogP contribution in [0.25, 0.3) is 0 Å². The SMILES string of the molecule is CCCCCCCCCCOc1cc(C)ccc1F. The fourth-order valence-corrected chi connectivity index (χ4v) is 2.14. The first-order valence-electron chi connectivity index (χ1n) is 7.63. The Balaban J connectivity index is 2.03. The molecule has 0 heterocycles. The number of hydrogen-bond donors (Lipinski definition) is 0. The Morgan fingerprint density at radius 2 is 1.58 bits per heavy atom. The van der Waals surface area contributed by atoms with Crippen molar-refractivity contribution in [3.05, 3.63) is 29.6 Å². The zero-order valence-electron chi connectivity index (χ0n) is 12.4. The van der Waals surface area contributed by atoms with Gasteiger partial charge in [-0.15, -0.1) is 0 Å². The first-order chi connectivity index (χ1) is 9.24. The fourth-order valence-electron chi connectivity index (χ4n) is 2.14. The van der Waals surface area contributed by atoms with Gasteiger partial charge >= 0.3 is 0 Å². The lowest BCUT2D eigenvalue weighted by Crippen LogP contribution is -1.99. The van der Waals surface area contributed by atoms with Gasteiger partial charge in [-0.3, -0.25) is 0 Å². The van der Waals surface area contributed by atoms with Gasteiger partial charge in [-0.25, -0.2) is 4.39 Å². The highest BCUT2D eigenvalue weighted by molar-refractivity contribution is 5.29. The number of benzene rings is 1. The Labute approximate surface area is 117 Å². The molecule has 19 heavy (non-hydrogen) atoms. The quantitative estimate of drug-likeness (QED) is 0.497. The molecule has 0 saturated heterocycles. The zero-order chi connectivity index (χ0) is 13.9. The Morgan fingerprint density at radius 3 is 2.26 bits per heavy atom. The van der Waals surface area contributed by atoms with Crippen LogP contribution in [0, 0.1) is 12.7 Å². The minimum atomic E-state index is -0.259. The largest absolute Gasteiger partial charge is 0.491 e. The van der Waals surface area contributed by atoms with Crippen LogP contribution >= 0.6 is 0 Å². The van der Waals surface area contributed by atoms with Crippen LogP contribution in [0.5, 0.6) is 5.75 Å². The number of aryl methyl sites for hydroxylation is 1. The average Bonchev–Trinajstić information content (AvgIpc) is 2.40. The van der Waals surface area contributed by atoms with Crippen molar-refractivity contribution in [1.29, 1.82) is 0 Å². The molecule has 0 aliphatic heterocycles. The van der Waals surface area contributed by atoms with Crippen LogP contribution in [0.3, 0.4) is 0 Å². The van der Waals surface area contributed by atoms with Gasteiger partial charge in [0.1, 0.15) is 0 Å². The first kappa shape index (κ1) is 16.0. The van der Waals surface area contributed by atoms with Crippen molar-refractivity contribution in [3.8, 4) is 5.75 Å². The molecular weight excluding hydrogens is 239 g/mol. The van der Waals surface area contributed by atoms with Crippen LogP contribution in [0.4, 0.5) is 4.39 Å². The molecule has 0 N–H and O–H groups in total. The first-order valence-corrected chi connectivity index (χ1v) is 7.63. The summed E-state index contributed by atoms with van der Waals surface area (Å²) in [4.78, 5) is 0. The third-order valence-corrected chi connectivity index (χ3v) is 3.34. The molecule has 1 nitrogen and oxygen atoms in total. The smallest absolute Gasteiger partial charge is 0.165 e. The van der Waals surface area contributed by atoms with E-state index in [1.54, 1.807) is 12.1 Å². The van der Waals surface area contributed by atoms with E-state index >= 15 is 0 Å². The van der Waals surface area contributed by atoms with E-state index in [9.17, 15) is 4.39 Å². The molecule has 0 saturated carbocycles. The Morgan fingerprint density at radius 1 is 0.947 bits per heavy atom. The number of hydrogen-bond acceptors (Lipinski definition) is 1. The second kappa shape index (κ2) is 9.82. The zero-order valence-corrected chi connectivity index (χ0v) is 12.4. The van der Waals surface area contributed by atoms with Crippen molar-refractivity contribution in [3.63, 3.8) is 0 Å². The lowest BCUT2D eigenvalue weighted by molar-refractivity contribution is 0.289. The van der Waals surface area contributed by atoms with Crippen LogP contribution in [0.1, 0.15) is 63.9 Å². The lowest BCUT2D eigenvalue weighted by Gasteiger charge is -2.08. The number of rotatable bonds is 10. The minimum Gasteiger partial charge on any atom is -0.491 e. The molecule has 0 bridgehead atoms.